The predicted octanol–water partition coefficient (Wildman–Crippen LogP) is 3.91. The van der Waals surface area contributed by atoms with Crippen LogP contribution in [0.1, 0.15) is 27.2 Å². The van der Waals surface area contributed by atoms with Crippen LogP contribution < -0.4 is 10.2 Å². The zero-order chi connectivity index (χ0) is 23.2. The van der Waals surface area contributed by atoms with Gasteiger partial charge in [0.1, 0.15) is 22.8 Å². The van der Waals surface area contributed by atoms with Gasteiger partial charge in [0.15, 0.2) is 0 Å². The number of aryl methyl sites for hydroxylation is 1. The number of benzene rings is 2. The van der Waals surface area contributed by atoms with Gasteiger partial charge in [0, 0.05) is 30.8 Å². The first-order valence-corrected chi connectivity index (χ1v) is 11.0. The van der Waals surface area contributed by atoms with Crippen LogP contribution in [0.3, 0.4) is 0 Å². The van der Waals surface area contributed by atoms with Gasteiger partial charge in [-0.1, -0.05) is 35.0 Å². The van der Waals surface area contributed by atoms with Gasteiger partial charge in [0.25, 0.3) is 5.91 Å². The first-order chi connectivity index (χ1) is 16.1. The Bertz CT molecular complexity index is 1160. The van der Waals surface area contributed by atoms with Crippen molar-refractivity contribution in [1.82, 2.24) is 15.5 Å². The zero-order valence-corrected chi connectivity index (χ0v) is 19.3. The SMILES string of the molecule is COc1ccc(/C=N\NC(=O)c2c(-c3ccccc3Cl)noc2C)cc1CN1CCOCC1. The summed E-state index contributed by atoms with van der Waals surface area (Å²) < 4.78 is 16.2. The van der Waals surface area contributed by atoms with E-state index in [1.165, 1.54) is 0 Å². The maximum absolute atomic E-state index is 12.8. The van der Waals surface area contributed by atoms with E-state index in [0.29, 0.717) is 27.6 Å². The number of ether oxygens (including phenoxy) is 2. The lowest BCUT2D eigenvalue weighted by molar-refractivity contribution is 0.0339. The molecular weight excluding hydrogens is 444 g/mol. The Morgan fingerprint density at radius 2 is 2.06 bits per heavy atom. The van der Waals surface area contributed by atoms with Crippen molar-refractivity contribution >= 4 is 23.7 Å². The quantitative estimate of drug-likeness (QED) is 0.417. The third-order valence-electron chi connectivity index (χ3n) is 5.40. The number of morpholine rings is 1. The fraction of sp³-hybridized carbons (Fsp3) is 0.292. The lowest BCUT2D eigenvalue weighted by Crippen LogP contribution is -2.35. The predicted molar refractivity (Wildman–Crippen MR) is 126 cm³/mol. The molecule has 0 radical (unpaired) electrons. The van der Waals surface area contributed by atoms with Gasteiger partial charge >= 0.3 is 0 Å². The van der Waals surface area contributed by atoms with Crippen molar-refractivity contribution in [1.29, 1.82) is 0 Å². The van der Waals surface area contributed by atoms with Crippen molar-refractivity contribution in [2.24, 2.45) is 5.10 Å². The van der Waals surface area contributed by atoms with Gasteiger partial charge in [0.05, 0.1) is 31.6 Å². The number of nitrogens with one attached hydrogen (secondary N) is 1. The molecule has 2 heterocycles. The molecule has 0 saturated carbocycles. The van der Waals surface area contributed by atoms with Crippen LogP contribution in [0, 0.1) is 6.92 Å². The summed E-state index contributed by atoms with van der Waals surface area (Å²) in [7, 11) is 1.66. The minimum absolute atomic E-state index is 0.294. The second kappa shape index (κ2) is 10.6. The molecule has 0 unspecified atom stereocenters. The summed E-state index contributed by atoms with van der Waals surface area (Å²) in [6, 6.07) is 12.9. The summed E-state index contributed by atoms with van der Waals surface area (Å²) in [5, 5.41) is 8.64. The van der Waals surface area contributed by atoms with Crippen molar-refractivity contribution in [2.45, 2.75) is 13.5 Å². The number of halogens is 1. The Kier molecular flexibility index (Phi) is 7.39. The number of hydrazone groups is 1. The molecule has 1 aliphatic rings. The molecule has 1 amide bonds. The highest BCUT2D eigenvalue weighted by Gasteiger charge is 2.22. The maximum Gasteiger partial charge on any atom is 0.277 e. The van der Waals surface area contributed by atoms with E-state index in [1.54, 1.807) is 32.4 Å². The lowest BCUT2D eigenvalue weighted by Gasteiger charge is -2.27. The van der Waals surface area contributed by atoms with E-state index in [4.69, 9.17) is 25.6 Å². The van der Waals surface area contributed by atoms with Gasteiger partial charge in [-0.05, 0) is 36.8 Å². The largest absolute Gasteiger partial charge is 0.496 e. The molecule has 0 spiro atoms. The van der Waals surface area contributed by atoms with Crippen LogP contribution >= 0.6 is 11.6 Å². The Balaban J connectivity index is 1.49. The number of carbonyl (C=O) groups excluding carboxylic acids is 1. The Hall–Kier alpha value is -3.20. The van der Waals surface area contributed by atoms with Crippen LogP contribution in [0.4, 0.5) is 0 Å². The molecule has 1 aliphatic heterocycles. The van der Waals surface area contributed by atoms with Gasteiger partial charge in [0.2, 0.25) is 0 Å². The van der Waals surface area contributed by atoms with Crippen molar-refractivity contribution in [3.63, 3.8) is 0 Å². The molecule has 3 aromatic rings. The number of nitrogens with zero attached hydrogens (tertiary/aromatic N) is 3. The third kappa shape index (κ3) is 5.42. The topological polar surface area (TPSA) is 89.2 Å². The lowest BCUT2D eigenvalue weighted by atomic mass is 10.1. The van der Waals surface area contributed by atoms with Gasteiger partial charge < -0.3 is 14.0 Å². The summed E-state index contributed by atoms with van der Waals surface area (Å²) in [4.78, 5) is 15.2. The number of methoxy groups -OCH3 is 1. The molecule has 1 saturated heterocycles. The van der Waals surface area contributed by atoms with Crippen LogP contribution in [0.15, 0.2) is 52.1 Å². The van der Waals surface area contributed by atoms with E-state index >= 15 is 0 Å². The van der Waals surface area contributed by atoms with Crippen LogP contribution in [0.2, 0.25) is 5.02 Å². The molecule has 8 nitrogen and oxygen atoms in total. The Morgan fingerprint density at radius 3 is 2.82 bits per heavy atom. The highest BCUT2D eigenvalue weighted by molar-refractivity contribution is 6.33. The fourth-order valence-electron chi connectivity index (χ4n) is 3.70. The van der Waals surface area contributed by atoms with Gasteiger partial charge in [-0.15, -0.1) is 0 Å². The average Bonchev–Trinajstić information content (AvgIpc) is 3.21. The molecule has 33 heavy (non-hydrogen) atoms. The Labute approximate surface area is 197 Å². The number of rotatable bonds is 7. The molecule has 2 aromatic carbocycles. The number of aromatic nitrogens is 1. The Morgan fingerprint density at radius 1 is 1.27 bits per heavy atom. The molecule has 172 valence electrons. The highest BCUT2D eigenvalue weighted by atomic mass is 35.5. The third-order valence-corrected chi connectivity index (χ3v) is 5.73. The highest BCUT2D eigenvalue weighted by Crippen LogP contribution is 2.31. The molecule has 1 aromatic heterocycles. The normalized spacial score (nSPS) is 14.5. The molecular formula is C24H25ClN4O4. The standard InChI is InChI=1S/C24H25ClN4O4/c1-16-22(23(28-33-16)19-5-3-4-6-20(19)25)24(30)27-26-14-17-7-8-21(31-2)18(13-17)15-29-9-11-32-12-10-29/h3-8,13-14H,9-12,15H2,1-2H3,(H,27,30)/b26-14-. The fourth-order valence-corrected chi connectivity index (χ4v) is 3.93. The molecule has 4 rings (SSSR count). The number of hydrogen-bond acceptors (Lipinski definition) is 7. The van der Waals surface area contributed by atoms with E-state index in [1.807, 2.05) is 30.3 Å². The van der Waals surface area contributed by atoms with Crippen molar-refractivity contribution in [3.05, 3.63) is 69.9 Å². The minimum atomic E-state index is -0.429. The van der Waals surface area contributed by atoms with Crippen molar-refractivity contribution in [2.75, 3.05) is 33.4 Å². The first kappa shape index (κ1) is 23.0. The molecule has 0 bridgehead atoms. The van der Waals surface area contributed by atoms with Crippen LogP contribution in [0.25, 0.3) is 11.3 Å². The van der Waals surface area contributed by atoms with E-state index in [2.05, 4.69) is 20.6 Å². The zero-order valence-electron chi connectivity index (χ0n) is 18.5. The second-order valence-corrected chi connectivity index (χ2v) is 8.01. The molecule has 0 aliphatic carbocycles. The summed E-state index contributed by atoms with van der Waals surface area (Å²) in [6.45, 7) is 5.64. The van der Waals surface area contributed by atoms with E-state index in [-0.39, 0.29) is 0 Å². The number of amides is 1. The summed E-state index contributed by atoms with van der Waals surface area (Å²) in [5.74, 6) is 0.768. The summed E-state index contributed by atoms with van der Waals surface area (Å²) in [5.41, 5.74) is 5.74. The van der Waals surface area contributed by atoms with Gasteiger partial charge in [-0.2, -0.15) is 5.10 Å². The van der Waals surface area contributed by atoms with Gasteiger partial charge in [-0.3, -0.25) is 9.69 Å². The second-order valence-electron chi connectivity index (χ2n) is 7.60. The van der Waals surface area contributed by atoms with Crippen LogP contribution in [0.5, 0.6) is 5.75 Å². The van der Waals surface area contributed by atoms with E-state index < -0.39 is 5.91 Å². The van der Waals surface area contributed by atoms with E-state index in [9.17, 15) is 4.79 Å². The van der Waals surface area contributed by atoms with Crippen molar-refractivity contribution < 1.29 is 18.8 Å². The van der Waals surface area contributed by atoms with Crippen LogP contribution in [-0.2, 0) is 11.3 Å². The van der Waals surface area contributed by atoms with E-state index in [0.717, 1.165) is 49.7 Å². The first-order valence-electron chi connectivity index (χ1n) is 10.6. The molecule has 0 atom stereocenters. The maximum atomic E-state index is 12.8. The van der Waals surface area contributed by atoms with Gasteiger partial charge in [-0.25, -0.2) is 5.43 Å². The molecule has 1 fully saturated rings. The van der Waals surface area contributed by atoms with Crippen LogP contribution in [-0.4, -0.2) is 55.6 Å². The smallest absolute Gasteiger partial charge is 0.277 e. The number of hydrogen-bond donors (Lipinski definition) is 1. The number of carbonyl (C=O) groups is 1. The summed E-state index contributed by atoms with van der Waals surface area (Å²) in [6.07, 6.45) is 1.60. The van der Waals surface area contributed by atoms with Crippen molar-refractivity contribution in [3.8, 4) is 17.0 Å². The minimum Gasteiger partial charge on any atom is -0.496 e. The average molecular weight is 469 g/mol. The molecule has 9 heteroatoms. The summed E-state index contributed by atoms with van der Waals surface area (Å²) >= 11 is 6.27. The molecule has 1 N–H and O–H groups in total. The monoisotopic (exact) mass is 468 g/mol.